The number of hydrogen-bond acceptors (Lipinski definition) is 3. The van der Waals surface area contributed by atoms with Gasteiger partial charge in [-0.2, -0.15) is 0 Å². The first-order valence-electron chi connectivity index (χ1n) is 8.49. The van der Waals surface area contributed by atoms with Gasteiger partial charge in [-0.25, -0.2) is 4.98 Å². The molecule has 0 radical (unpaired) electrons. The molecule has 1 heterocycles. The second-order valence-electron chi connectivity index (χ2n) is 5.59. The molecule has 2 rings (SSSR count). The zero-order chi connectivity index (χ0) is 17.9. The van der Waals surface area contributed by atoms with Crippen molar-refractivity contribution in [1.29, 1.82) is 0 Å². The van der Waals surface area contributed by atoms with Gasteiger partial charge in [-0.3, -0.25) is 4.99 Å². The molecule has 5 nitrogen and oxygen atoms in total. The average molecular weight is 489 g/mol. The van der Waals surface area contributed by atoms with Gasteiger partial charge in [0.25, 0.3) is 0 Å². The molecule has 7 heteroatoms. The van der Waals surface area contributed by atoms with E-state index in [2.05, 4.69) is 33.6 Å². The van der Waals surface area contributed by atoms with E-state index in [-0.39, 0.29) is 24.0 Å². The summed E-state index contributed by atoms with van der Waals surface area (Å²) >= 11 is 5.79. The summed E-state index contributed by atoms with van der Waals surface area (Å²) in [6.07, 6.45) is 2.61. The molecule has 0 bridgehead atoms. The number of benzene rings is 1. The monoisotopic (exact) mass is 488 g/mol. The Morgan fingerprint density at radius 1 is 1.23 bits per heavy atom. The predicted molar refractivity (Wildman–Crippen MR) is 119 cm³/mol. The summed E-state index contributed by atoms with van der Waals surface area (Å²) in [5, 5.41) is 7.02. The van der Waals surface area contributed by atoms with Crippen LogP contribution in [0.5, 0.6) is 5.75 Å². The van der Waals surface area contributed by atoms with Gasteiger partial charge in [0.2, 0.25) is 0 Å². The van der Waals surface area contributed by atoms with Crippen LogP contribution in [0.3, 0.4) is 0 Å². The van der Waals surface area contributed by atoms with E-state index in [0.29, 0.717) is 24.8 Å². The predicted octanol–water partition coefficient (Wildman–Crippen LogP) is 3.84. The molecule has 1 aromatic carbocycles. The van der Waals surface area contributed by atoms with E-state index in [1.807, 2.05) is 31.2 Å². The van der Waals surface area contributed by atoms with Gasteiger partial charge in [0.15, 0.2) is 5.96 Å². The quantitative estimate of drug-likeness (QED) is 0.195. The van der Waals surface area contributed by atoms with Crippen molar-refractivity contribution in [2.24, 2.45) is 4.99 Å². The van der Waals surface area contributed by atoms with Crippen molar-refractivity contribution in [3.8, 4) is 5.75 Å². The number of guanidine groups is 1. The Morgan fingerprint density at radius 2 is 2.08 bits per heavy atom. The van der Waals surface area contributed by atoms with Crippen molar-refractivity contribution in [3.05, 3.63) is 58.9 Å². The first-order valence-corrected chi connectivity index (χ1v) is 8.87. The van der Waals surface area contributed by atoms with Crippen molar-refractivity contribution in [1.82, 2.24) is 15.6 Å². The summed E-state index contributed by atoms with van der Waals surface area (Å²) < 4.78 is 5.73. The Kier molecular flexibility index (Phi) is 11.0. The molecule has 0 atom stereocenters. The molecule has 142 valence electrons. The average Bonchev–Trinajstić information content (AvgIpc) is 2.60. The molecular weight excluding hydrogens is 463 g/mol. The van der Waals surface area contributed by atoms with Gasteiger partial charge in [-0.05, 0) is 49.6 Å². The Morgan fingerprint density at radius 3 is 2.77 bits per heavy atom. The van der Waals surface area contributed by atoms with Crippen LogP contribution in [0.4, 0.5) is 0 Å². The molecule has 0 aliphatic rings. The molecule has 0 amide bonds. The number of ether oxygens (including phenoxy) is 1. The van der Waals surface area contributed by atoms with E-state index in [9.17, 15) is 0 Å². The number of hydrogen-bond donors (Lipinski definition) is 2. The highest BCUT2D eigenvalue weighted by Gasteiger charge is 1.99. The molecule has 1 aromatic heterocycles. The molecular formula is C19H26ClIN4O. The van der Waals surface area contributed by atoms with Gasteiger partial charge in [0.05, 0.1) is 6.54 Å². The third-order valence-corrected chi connectivity index (χ3v) is 3.68. The number of halogens is 2. The third kappa shape index (κ3) is 8.71. The fraction of sp³-hybridized carbons (Fsp3) is 0.368. The standard InChI is InChI=1S/C19H25ClN4O.HI/c1-3-21-19(22-10-9-16-7-8-18(20)24-14-16)23-11-12-25-17-6-4-5-15(2)13-17;/h4-8,13-14H,3,9-12H2,1-2H3,(H2,21,22,23);1H. The molecule has 2 N–H and O–H groups in total. The number of aliphatic imine (C=N–C) groups is 1. The van der Waals surface area contributed by atoms with Crippen molar-refractivity contribution >= 4 is 41.5 Å². The SMILES string of the molecule is CCNC(=NCCc1ccc(Cl)nc1)NCCOc1cccc(C)c1.I. The van der Waals surface area contributed by atoms with E-state index in [4.69, 9.17) is 16.3 Å². The van der Waals surface area contributed by atoms with E-state index < -0.39 is 0 Å². The van der Waals surface area contributed by atoms with Crippen LogP contribution in [-0.2, 0) is 6.42 Å². The fourth-order valence-corrected chi connectivity index (χ4v) is 2.35. The van der Waals surface area contributed by atoms with Gasteiger partial charge in [-0.15, -0.1) is 24.0 Å². The molecule has 0 saturated carbocycles. The van der Waals surface area contributed by atoms with Gasteiger partial charge in [0.1, 0.15) is 17.5 Å². The van der Waals surface area contributed by atoms with E-state index >= 15 is 0 Å². The lowest BCUT2D eigenvalue weighted by atomic mass is 10.2. The number of aryl methyl sites for hydroxylation is 1. The normalized spacial score (nSPS) is 10.8. The van der Waals surface area contributed by atoms with Crippen LogP contribution in [0.15, 0.2) is 47.6 Å². The van der Waals surface area contributed by atoms with Crippen LogP contribution in [0.2, 0.25) is 5.15 Å². The Balaban J connectivity index is 0.00000338. The first-order chi connectivity index (χ1) is 12.2. The molecule has 0 aliphatic carbocycles. The second kappa shape index (κ2) is 12.8. The lowest BCUT2D eigenvalue weighted by Crippen LogP contribution is -2.39. The maximum atomic E-state index is 5.79. The van der Waals surface area contributed by atoms with Gasteiger partial charge in [-0.1, -0.05) is 29.8 Å². The number of rotatable bonds is 8. The van der Waals surface area contributed by atoms with Crippen molar-refractivity contribution in [3.63, 3.8) is 0 Å². The molecule has 0 fully saturated rings. The minimum absolute atomic E-state index is 0. The van der Waals surface area contributed by atoms with Crippen LogP contribution >= 0.6 is 35.6 Å². The fourth-order valence-electron chi connectivity index (χ4n) is 2.24. The summed E-state index contributed by atoms with van der Waals surface area (Å²) in [6.45, 7) is 6.85. The topological polar surface area (TPSA) is 58.5 Å². The zero-order valence-electron chi connectivity index (χ0n) is 15.2. The molecule has 26 heavy (non-hydrogen) atoms. The molecule has 0 saturated heterocycles. The Hall–Kier alpha value is -1.54. The van der Waals surface area contributed by atoms with Crippen LogP contribution < -0.4 is 15.4 Å². The van der Waals surface area contributed by atoms with Gasteiger partial charge >= 0.3 is 0 Å². The number of aromatic nitrogens is 1. The van der Waals surface area contributed by atoms with E-state index in [1.54, 1.807) is 12.3 Å². The largest absolute Gasteiger partial charge is 0.492 e. The lowest BCUT2D eigenvalue weighted by Gasteiger charge is -2.12. The molecule has 0 unspecified atom stereocenters. The summed E-state index contributed by atoms with van der Waals surface area (Å²) in [5.41, 5.74) is 2.31. The molecule has 0 aliphatic heterocycles. The summed E-state index contributed by atoms with van der Waals surface area (Å²) in [4.78, 5) is 8.65. The van der Waals surface area contributed by atoms with Crippen molar-refractivity contribution < 1.29 is 4.74 Å². The van der Waals surface area contributed by atoms with Crippen LogP contribution in [0, 0.1) is 6.92 Å². The number of nitrogens with one attached hydrogen (secondary N) is 2. The van der Waals surface area contributed by atoms with Crippen LogP contribution in [0.1, 0.15) is 18.1 Å². The summed E-state index contributed by atoms with van der Waals surface area (Å²) in [6, 6.07) is 11.8. The van der Waals surface area contributed by atoms with Gasteiger partial charge < -0.3 is 15.4 Å². The molecule has 0 spiro atoms. The van der Waals surface area contributed by atoms with E-state index in [1.165, 1.54) is 5.56 Å². The maximum absolute atomic E-state index is 5.79. The zero-order valence-corrected chi connectivity index (χ0v) is 18.3. The smallest absolute Gasteiger partial charge is 0.191 e. The van der Waals surface area contributed by atoms with Gasteiger partial charge in [0, 0.05) is 19.3 Å². The maximum Gasteiger partial charge on any atom is 0.191 e. The number of pyridine rings is 1. The van der Waals surface area contributed by atoms with Crippen molar-refractivity contribution in [2.75, 3.05) is 26.2 Å². The Bertz CT molecular complexity index is 679. The highest BCUT2D eigenvalue weighted by atomic mass is 127. The summed E-state index contributed by atoms with van der Waals surface area (Å²) in [7, 11) is 0. The lowest BCUT2D eigenvalue weighted by molar-refractivity contribution is 0.321. The highest BCUT2D eigenvalue weighted by molar-refractivity contribution is 14.0. The third-order valence-electron chi connectivity index (χ3n) is 3.46. The van der Waals surface area contributed by atoms with Crippen molar-refractivity contribution in [2.45, 2.75) is 20.3 Å². The summed E-state index contributed by atoms with van der Waals surface area (Å²) in [5.74, 6) is 1.68. The second-order valence-corrected chi connectivity index (χ2v) is 5.98. The highest BCUT2D eigenvalue weighted by Crippen LogP contribution is 2.11. The van der Waals surface area contributed by atoms with Crippen LogP contribution in [-0.4, -0.2) is 37.2 Å². The first kappa shape index (κ1) is 22.5. The Labute approximate surface area is 177 Å². The minimum Gasteiger partial charge on any atom is -0.492 e. The molecule has 2 aromatic rings. The minimum atomic E-state index is 0. The number of nitrogens with zero attached hydrogens (tertiary/aromatic N) is 2. The van der Waals surface area contributed by atoms with E-state index in [0.717, 1.165) is 30.2 Å². The van der Waals surface area contributed by atoms with Crippen LogP contribution in [0.25, 0.3) is 0 Å².